The molecule has 0 radical (unpaired) electrons. The second-order valence-electron chi connectivity index (χ2n) is 7.33. The van der Waals surface area contributed by atoms with E-state index in [9.17, 15) is 14.4 Å². The number of nitrogens with zero attached hydrogens (tertiary/aromatic N) is 2. The Morgan fingerprint density at radius 1 is 1.12 bits per heavy atom. The summed E-state index contributed by atoms with van der Waals surface area (Å²) < 4.78 is 0. The summed E-state index contributed by atoms with van der Waals surface area (Å²) in [6, 6.07) is -0.0938. The smallest absolute Gasteiger partial charge is 0.325 e. The van der Waals surface area contributed by atoms with Crippen molar-refractivity contribution < 1.29 is 14.4 Å². The highest BCUT2D eigenvalue weighted by Gasteiger charge is 2.50. The van der Waals surface area contributed by atoms with Gasteiger partial charge in [-0.3, -0.25) is 14.5 Å². The number of piperidine rings is 1. The molecule has 0 spiro atoms. The van der Waals surface area contributed by atoms with Crippen LogP contribution in [0.2, 0.25) is 0 Å². The average molecular weight is 337 g/mol. The molecule has 1 N–H and O–H groups in total. The van der Waals surface area contributed by atoms with Crippen molar-refractivity contribution in [3.63, 3.8) is 0 Å². The fraction of sp³-hybridized carbons (Fsp3) is 0.833. The highest BCUT2D eigenvalue weighted by molar-refractivity contribution is 6.09. The van der Waals surface area contributed by atoms with Gasteiger partial charge in [0.05, 0.1) is 0 Å². The number of carbonyl (C=O) groups excluding carboxylic acids is 3. The summed E-state index contributed by atoms with van der Waals surface area (Å²) in [6.45, 7) is 7.94. The van der Waals surface area contributed by atoms with Crippen LogP contribution in [0.1, 0.15) is 72.6 Å². The normalized spacial score (nSPS) is 26.7. The van der Waals surface area contributed by atoms with Crippen LogP contribution < -0.4 is 5.32 Å². The molecule has 0 bridgehead atoms. The molecular formula is C18H31N3O3. The van der Waals surface area contributed by atoms with Gasteiger partial charge >= 0.3 is 6.03 Å². The van der Waals surface area contributed by atoms with Gasteiger partial charge in [0.25, 0.3) is 5.91 Å². The van der Waals surface area contributed by atoms with Crippen molar-refractivity contribution in [1.29, 1.82) is 0 Å². The number of nitrogens with one attached hydrogen (secondary N) is 1. The summed E-state index contributed by atoms with van der Waals surface area (Å²) in [5.74, 6) is -0.358. The van der Waals surface area contributed by atoms with Gasteiger partial charge in [-0.1, -0.05) is 26.7 Å². The molecule has 136 valence electrons. The number of rotatable bonds is 6. The van der Waals surface area contributed by atoms with Crippen LogP contribution in [0.4, 0.5) is 4.79 Å². The van der Waals surface area contributed by atoms with Crippen LogP contribution >= 0.6 is 0 Å². The Labute approximate surface area is 144 Å². The molecule has 0 saturated carbocycles. The van der Waals surface area contributed by atoms with Gasteiger partial charge in [-0.05, 0) is 46.0 Å². The molecular weight excluding hydrogens is 306 g/mol. The van der Waals surface area contributed by atoms with E-state index >= 15 is 0 Å². The van der Waals surface area contributed by atoms with Crippen LogP contribution in [0.25, 0.3) is 0 Å². The van der Waals surface area contributed by atoms with Crippen LogP contribution in [0, 0.1) is 0 Å². The van der Waals surface area contributed by atoms with Gasteiger partial charge in [0.2, 0.25) is 5.91 Å². The van der Waals surface area contributed by atoms with Gasteiger partial charge in [0.15, 0.2) is 0 Å². The third kappa shape index (κ3) is 3.42. The minimum atomic E-state index is -0.819. The lowest BCUT2D eigenvalue weighted by atomic mass is 9.88. The molecule has 4 amide bonds. The molecule has 2 aliphatic heterocycles. The third-order valence-corrected chi connectivity index (χ3v) is 5.37. The Kier molecular flexibility index (Phi) is 5.88. The first-order chi connectivity index (χ1) is 11.4. The monoisotopic (exact) mass is 337 g/mol. The number of likely N-dealkylation sites (tertiary alicyclic amines) is 1. The fourth-order valence-electron chi connectivity index (χ4n) is 4.27. The summed E-state index contributed by atoms with van der Waals surface area (Å²) in [6.07, 6.45) is 5.93. The first-order valence-electron chi connectivity index (χ1n) is 9.31. The first-order valence-corrected chi connectivity index (χ1v) is 9.31. The predicted octanol–water partition coefficient (Wildman–Crippen LogP) is 2.67. The lowest BCUT2D eigenvalue weighted by molar-refractivity contribution is -0.143. The average Bonchev–Trinajstić information content (AvgIpc) is 2.72. The zero-order valence-electron chi connectivity index (χ0n) is 15.4. The molecule has 0 aromatic carbocycles. The molecule has 0 aromatic heterocycles. The molecule has 6 heteroatoms. The standard InChI is InChI=1S/C18H31N3O3/c1-5-10-18(11-6-2)16(23)20(17(24)19-18)12-15(22)21-13(3)8-7-9-14(21)4/h13-14H,5-12H2,1-4H3,(H,19,24)/t13-,14-/m1/s1. The SMILES string of the molecule is CCCC1(CCC)NC(=O)N(CC(=O)N2[C@H](C)CCC[C@H]2C)C1=O. The second kappa shape index (κ2) is 7.53. The van der Waals surface area contributed by atoms with Crippen molar-refractivity contribution in [3.05, 3.63) is 0 Å². The molecule has 2 fully saturated rings. The first kappa shape index (κ1) is 18.7. The van der Waals surface area contributed by atoms with E-state index in [-0.39, 0.29) is 30.4 Å². The van der Waals surface area contributed by atoms with Crippen molar-refractivity contribution in [1.82, 2.24) is 15.1 Å². The molecule has 2 heterocycles. The highest BCUT2D eigenvalue weighted by Crippen LogP contribution is 2.29. The van der Waals surface area contributed by atoms with Crippen molar-refractivity contribution in [2.45, 2.75) is 90.3 Å². The molecule has 2 saturated heterocycles. The largest absolute Gasteiger partial charge is 0.336 e. The molecule has 2 rings (SSSR count). The maximum Gasteiger partial charge on any atom is 0.325 e. The minimum absolute atomic E-state index is 0.123. The van der Waals surface area contributed by atoms with Crippen LogP contribution in [0.15, 0.2) is 0 Å². The predicted molar refractivity (Wildman–Crippen MR) is 92.4 cm³/mol. The molecule has 0 unspecified atom stereocenters. The summed E-state index contributed by atoms with van der Waals surface area (Å²) in [7, 11) is 0. The Hall–Kier alpha value is -1.59. The van der Waals surface area contributed by atoms with E-state index in [1.165, 1.54) is 0 Å². The quantitative estimate of drug-likeness (QED) is 0.758. The van der Waals surface area contributed by atoms with Crippen LogP contribution in [-0.4, -0.2) is 51.8 Å². The molecule has 2 atom stereocenters. The Morgan fingerprint density at radius 3 is 2.17 bits per heavy atom. The maximum atomic E-state index is 12.9. The lowest BCUT2D eigenvalue weighted by Crippen LogP contribution is -2.52. The van der Waals surface area contributed by atoms with Gasteiger partial charge in [-0.25, -0.2) is 4.79 Å². The van der Waals surface area contributed by atoms with Crippen molar-refractivity contribution in [2.75, 3.05) is 6.54 Å². The summed E-state index contributed by atoms with van der Waals surface area (Å²) in [4.78, 5) is 40.9. The maximum absolute atomic E-state index is 12.9. The van der Waals surface area contributed by atoms with E-state index in [4.69, 9.17) is 0 Å². The summed E-state index contributed by atoms with van der Waals surface area (Å²) in [5, 5.41) is 2.87. The van der Waals surface area contributed by atoms with Gasteiger partial charge in [-0.2, -0.15) is 0 Å². The third-order valence-electron chi connectivity index (χ3n) is 5.37. The van der Waals surface area contributed by atoms with Gasteiger partial charge in [0.1, 0.15) is 12.1 Å². The minimum Gasteiger partial charge on any atom is -0.336 e. The number of imide groups is 1. The Bertz CT molecular complexity index is 490. The second-order valence-corrected chi connectivity index (χ2v) is 7.33. The van der Waals surface area contributed by atoms with E-state index in [2.05, 4.69) is 5.32 Å². The number of hydrogen-bond donors (Lipinski definition) is 1. The zero-order valence-corrected chi connectivity index (χ0v) is 15.4. The van der Waals surface area contributed by atoms with Crippen LogP contribution in [-0.2, 0) is 9.59 Å². The van der Waals surface area contributed by atoms with E-state index in [1.807, 2.05) is 32.6 Å². The van der Waals surface area contributed by atoms with Crippen molar-refractivity contribution in [3.8, 4) is 0 Å². The zero-order chi connectivity index (χ0) is 17.9. The van der Waals surface area contributed by atoms with Gasteiger partial charge in [-0.15, -0.1) is 0 Å². The number of urea groups is 1. The molecule has 24 heavy (non-hydrogen) atoms. The highest BCUT2D eigenvalue weighted by atomic mass is 16.2. The molecule has 0 aliphatic carbocycles. The van der Waals surface area contributed by atoms with E-state index in [1.54, 1.807) is 0 Å². The Balaban J connectivity index is 2.12. The van der Waals surface area contributed by atoms with Crippen molar-refractivity contribution in [2.24, 2.45) is 0 Å². The summed E-state index contributed by atoms with van der Waals surface area (Å²) in [5.41, 5.74) is -0.819. The molecule has 6 nitrogen and oxygen atoms in total. The van der Waals surface area contributed by atoms with E-state index in [0.717, 1.165) is 37.0 Å². The topological polar surface area (TPSA) is 69.7 Å². The molecule has 0 aromatic rings. The number of hydrogen-bond acceptors (Lipinski definition) is 3. The lowest BCUT2D eigenvalue weighted by Gasteiger charge is -2.39. The Morgan fingerprint density at radius 2 is 1.67 bits per heavy atom. The van der Waals surface area contributed by atoms with Crippen LogP contribution in [0.5, 0.6) is 0 Å². The van der Waals surface area contributed by atoms with Gasteiger partial charge in [0, 0.05) is 12.1 Å². The summed E-state index contributed by atoms with van der Waals surface area (Å²) >= 11 is 0. The molecule has 2 aliphatic rings. The van der Waals surface area contributed by atoms with E-state index < -0.39 is 11.6 Å². The number of amides is 4. The number of carbonyl (C=O) groups is 3. The van der Waals surface area contributed by atoms with Gasteiger partial charge < -0.3 is 10.2 Å². The van der Waals surface area contributed by atoms with Crippen LogP contribution in [0.3, 0.4) is 0 Å². The van der Waals surface area contributed by atoms with Crippen molar-refractivity contribution >= 4 is 17.8 Å². The van der Waals surface area contributed by atoms with E-state index in [0.29, 0.717) is 12.8 Å². The fourth-order valence-corrected chi connectivity index (χ4v) is 4.27.